The Morgan fingerprint density at radius 2 is 1.85 bits per heavy atom. The lowest BCUT2D eigenvalue weighted by Crippen LogP contribution is -2.35. The number of aryl methyl sites for hydroxylation is 1. The predicted molar refractivity (Wildman–Crippen MR) is 131 cm³/mol. The van der Waals surface area contributed by atoms with Crippen LogP contribution >= 0.6 is 11.3 Å². The maximum absolute atomic E-state index is 13.7. The molecule has 1 fully saturated rings. The van der Waals surface area contributed by atoms with Gasteiger partial charge in [-0.1, -0.05) is 47.2 Å². The Bertz CT molecular complexity index is 1120. The summed E-state index contributed by atoms with van der Waals surface area (Å²) in [5.74, 6) is 1.92. The highest BCUT2D eigenvalue weighted by Gasteiger charge is 2.30. The van der Waals surface area contributed by atoms with Gasteiger partial charge >= 0.3 is 0 Å². The Balaban J connectivity index is 1.59. The number of ether oxygens (including phenoxy) is 3. The second-order valence-electron chi connectivity index (χ2n) is 8.36. The van der Waals surface area contributed by atoms with Gasteiger partial charge in [-0.3, -0.25) is 4.79 Å². The second-order valence-corrected chi connectivity index (χ2v) is 9.33. The van der Waals surface area contributed by atoms with Crippen LogP contribution in [0.2, 0.25) is 0 Å². The van der Waals surface area contributed by atoms with Gasteiger partial charge in [0.05, 0.1) is 26.2 Å². The van der Waals surface area contributed by atoms with Crippen LogP contribution in [0.3, 0.4) is 0 Å². The molecule has 1 amide bonds. The zero-order valence-corrected chi connectivity index (χ0v) is 20.4. The van der Waals surface area contributed by atoms with E-state index in [1.165, 1.54) is 24.2 Å². The zero-order valence-electron chi connectivity index (χ0n) is 19.6. The van der Waals surface area contributed by atoms with Crippen molar-refractivity contribution in [3.63, 3.8) is 0 Å². The van der Waals surface area contributed by atoms with E-state index in [9.17, 15) is 4.79 Å². The summed E-state index contributed by atoms with van der Waals surface area (Å²) in [6.07, 6.45) is 3.07. The normalized spacial score (nSPS) is 13.0. The van der Waals surface area contributed by atoms with E-state index in [4.69, 9.17) is 14.2 Å². The van der Waals surface area contributed by atoms with E-state index < -0.39 is 0 Å². The van der Waals surface area contributed by atoms with E-state index in [0.29, 0.717) is 34.8 Å². The van der Waals surface area contributed by atoms with E-state index in [1.54, 1.807) is 21.3 Å². The molecule has 6 nitrogen and oxygen atoms in total. The summed E-state index contributed by atoms with van der Waals surface area (Å²) in [6.45, 7) is 3.41. The van der Waals surface area contributed by atoms with Gasteiger partial charge < -0.3 is 19.1 Å². The van der Waals surface area contributed by atoms with Gasteiger partial charge in [0.25, 0.3) is 11.1 Å². The predicted octanol–water partition coefficient (Wildman–Crippen LogP) is 5.24. The van der Waals surface area contributed by atoms with Gasteiger partial charge in [0.15, 0.2) is 17.2 Å². The minimum Gasteiger partial charge on any atom is -0.493 e. The van der Waals surface area contributed by atoms with Crippen LogP contribution in [0.25, 0.3) is 10.4 Å². The van der Waals surface area contributed by atoms with Crippen molar-refractivity contribution >= 4 is 17.2 Å². The molecule has 7 heteroatoms. The van der Waals surface area contributed by atoms with Gasteiger partial charge in [-0.25, -0.2) is 0 Å². The molecule has 1 saturated carbocycles. The van der Waals surface area contributed by atoms with Gasteiger partial charge in [-0.15, -0.1) is 0 Å². The molecular weight excluding hydrogens is 436 g/mol. The topological polar surface area (TPSA) is 60.9 Å². The molecule has 0 radical (unpaired) electrons. The van der Waals surface area contributed by atoms with Crippen molar-refractivity contribution in [2.75, 3.05) is 34.4 Å². The van der Waals surface area contributed by atoms with Crippen LogP contribution in [0.15, 0.2) is 42.5 Å². The van der Waals surface area contributed by atoms with Crippen LogP contribution in [0.5, 0.6) is 16.7 Å². The summed E-state index contributed by atoms with van der Waals surface area (Å²) in [6, 6.07) is 14.1. The van der Waals surface area contributed by atoms with Crippen LogP contribution in [-0.4, -0.2) is 50.2 Å². The summed E-state index contributed by atoms with van der Waals surface area (Å²) < 4.78 is 16.2. The molecule has 174 valence electrons. The van der Waals surface area contributed by atoms with Crippen molar-refractivity contribution in [3.8, 4) is 27.1 Å². The molecule has 0 spiro atoms. The lowest BCUT2D eigenvalue weighted by Gasteiger charge is -2.22. The largest absolute Gasteiger partial charge is 0.493 e. The Morgan fingerprint density at radius 3 is 2.52 bits per heavy atom. The molecule has 0 bridgehead atoms. The highest BCUT2D eigenvalue weighted by atomic mass is 32.1. The van der Waals surface area contributed by atoms with Gasteiger partial charge in [0.1, 0.15) is 0 Å². The number of benzene rings is 2. The van der Waals surface area contributed by atoms with E-state index in [-0.39, 0.29) is 5.91 Å². The second kappa shape index (κ2) is 10.3. The maximum Gasteiger partial charge on any atom is 0.274 e. The number of thiazole rings is 1. The number of nitrogens with zero attached hydrogens (tertiary/aromatic N) is 2. The first kappa shape index (κ1) is 23.1. The highest BCUT2D eigenvalue weighted by Crippen LogP contribution is 2.37. The molecule has 33 heavy (non-hydrogen) atoms. The van der Waals surface area contributed by atoms with Gasteiger partial charge in [0, 0.05) is 13.1 Å². The van der Waals surface area contributed by atoms with E-state index >= 15 is 0 Å². The zero-order chi connectivity index (χ0) is 23.4. The Morgan fingerprint density at radius 1 is 1.06 bits per heavy atom. The standard InChI is InChI=1S/C26H30N2O4S/c1-17-6-5-7-20(14-17)24-23(27-26(32-4)33-24)25(29)28(16-19-8-9-19)13-12-18-10-11-21(30-2)22(15-18)31-3/h5-7,10-11,14-15,19H,8-9,12-13,16H2,1-4H3. The number of hydrogen-bond donors (Lipinski definition) is 0. The minimum atomic E-state index is -0.0431. The molecule has 0 saturated heterocycles. The Labute approximate surface area is 199 Å². The molecule has 0 unspecified atom stereocenters. The number of methoxy groups -OCH3 is 3. The molecular formula is C26H30N2O4S. The summed E-state index contributed by atoms with van der Waals surface area (Å²) >= 11 is 1.41. The van der Waals surface area contributed by atoms with Crippen LogP contribution in [0.1, 0.15) is 34.5 Å². The molecule has 2 aromatic carbocycles. The summed E-state index contributed by atoms with van der Waals surface area (Å²) in [5.41, 5.74) is 3.69. The lowest BCUT2D eigenvalue weighted by atomic mass is 10.1. The highest BCUT2D eigenvalue weighted by molar-refractivity contribution is 7.17. The van der Waals surface area contributed by atoms with Crippen molar-refractivity contribution in [3.05, 3.63) is 59.3 Å². The molecule has 1 heterocycles. The van der Waals surface area contributed by atoms with Crippen molar-refractivity contribution in [2.24, 2.45) is 5.92 Å². The minimum absolute atomic E-state index is 0.0431. The fourth-order valence-corrected chi connectivity index (χ4v) is 4.72. The monoisotopic (exact) mass is 466 g/mol. The first-order valence-corrected chi connectivity index (χ1v) is 12.0. The SMILES string of the molecule is COc1nc(C(=O)N(CCc2ccc(OC)c(OC)c2)CC2CC2)c(-c2cccc(C)c2)s1. The number of carbonyl (C=O) groups is 1. The fourth-order valence-electron chi connectivity index (χ4n) is 3.85. The smallest absolute Gasteiger partial charge is 0.274 e. The van der Waals surface area contributed by atoms with Crippen LogP contribution in [-0.2, 0) is 6.42 Å². The molecule has 1 aliphatic carbocycles. The van der Waals surface area contributed by atoms with Crippen molar-refractivity contribution in [2.45, 2.75) is 26.2 Å². The Kier molecular flexibility index (Phi) is 7.18. The third kappa shape index (κ3) is 5.47. The average Bonchev–Trinajstić information content (AvgIpc) is 3.55. The number of hydrogen-bond acceptors (Lipinski definition) is 6. The first-order valence-electron chi connectivity index (χ1n) is 11.1. The van der Waals surface area contributed by atoms with Crippen molar-refractivity contribution < 1.29 is 19.0 Å². The molecule has 1 aromatic heterocycles. The summed E-state index contributed by atoms with van der Waals surface area (Å²) in [4.78, 5) is 21.1. The number of amides is 1. The summed E-state index contributed by atoms with van der Waals surface area (Å²) in [7, 11) is 4.85. The number of aromatic nitrogens is 1. The summed E-state index contributed by atoms with van der Waals surface area (Å²) in [5, 5.41) is 0.501. The van der Waals surface area contributed by atoms with E-state index in [1.807, 2.05) is 48.2 Å². The number of rotatable bonds is 10. The quantitative estimate of drug-likeness (QED) is 0.409. The van der Waals surface area contributed by atoms with Crippen LogP contribution in [0, 0.1) is 12.8 Å². The molecule has 3 aromatic rings. The van der Waals surface area contributed by atoms with Gasteiger partial charge in [-0.2, -0.15) is 4.98 Å². The first-order chi connectivity index (χ1) is 16.0. The average molecular weight is 467 g/mol. The maximum atomic E-state index is 13.7. The molecule has 1 aliphatic rings. The Hall–Kier alpha value is -3.06. The molecule has 0 atom stereocenters. The van der Waals surface area contributed by atoms with Crippen LogP contribution in [0.4, 0.5) is 0 Å². The van der Waals surface area contributed by atoms with E-state index in [0.717, 1.165) is 34.5 Å². The van der Waals surface area contributed by atoms with Crippen molar-refractivity contribution in [1.29, 1.82) is 0 Å². The molecule has 4 rings (SSSR count). The third-order valence-electron chi connectivity index (χ3n) is 5.85. The van der Waals surface area contributed by atoms with Gasteiger partial charge in [-0.05, 0) is 55.4 Å². The molecule has 0 aliphatic heterocycles. The fraction of sp³-hybridized carbons (Fsp3) is 0.385. The lowest BCUT2D eigenvalue weighted by molar-refractivity contribution is 0.0744. The van der Waals surface area contributed by atoms with Crippen LogP contribution < -0.4 is 14.2 Å². The molecule has 0 N–H and O–H groups in total. The van der Waals surface area contributed by atoms with Crippen molar-refractivity contribution in [1.82, 2.24) is 9.88 Å². The third-order valence-corrected chi connectivity index (χ3v) is 6.91. The number of carbonyl (C=O) groups excluding carboxylic acids is 1. The van der Waals surface area contributed by atoms with Gasteiger partial charge in [0.2, 0.25) is 0 Å². The van der Waals surface area contributed by atoms with E-state index in [2.05, 4.69) is 11.1 Å².